The Kier molecular flexibility index (Phi) is 5.06. The zero-order valence-electron chi connectivity index (χ0n) is 11.1. The maximum Gasteiger partial charge on any atom is 0.224 e. The van der Waals surface area contributed by atoms with Gasteiger partial charge in [-0.25, -0.2) is 4.39 Å². The fourth-order valence-electron chi connectivity index (χ4n) is 1.98. The van der Waals surface area contributed by atoms with Crippen LogP contribution >= 0.6 is 0 Å². The van der Waals surface area contributed by atoms with E-state index in [4.69, 9.17) is 4.74 Å². The van der Waals surface area contributed by atoms with Crippen LogP contribution in [0, 0.1) is 5.82 Å². The molecule has 0 atom stereocenters. The predicted octanol–water partition coefficient (Wildman–Crippen LogP) is 1.40. The second-order valence-electron chi connectivity index (χ2n) is 4.55. The molecule has 5 nitrogen and oxygen atoms in total. The molecule has 2 amide bonds. The van der Waals surface area contributed by atoms with Gasteiger partial charge < -0.3 is 15.0 Å². The molecular weight excluding hydrogens is 263 g/mol. The lowest BCUT2D eigenvalue weighted by atomic mass is 10.2. The van der Waals surface area contributed by atoms with E-state index in [0.29, 0.717) is 32.0 Å². The summed E-state index contributed by atoms with van der Waals surface area (Å²) in [7, 11) is 0. The number of nitrogens with zero attached hydrogens (tertiary/aromatic N) is 1. The molecule has 0 aliphatic carbocycles. The van der Waals surface area contributed by atoms with E-state index >= 15 is 0 Å². The number of anilines is 1. The molecule has 2 rings (SSSR count). The Labute approximate surface area is 116 Å². The molecule has 0 spiro atoms. The van der Waals surface area contributed by atoms with Gasteiger partial charge in [0.25, 0.3) is 0 Å². The van der Waals surface area contributed by atoms with Crippen molar-refractivity contribution in [3.05, 3.63) is 30.1 Å². The number of hydrogen-bond donors (Lipinski definition) is 1. The Morgan fingerprint density at radius 1 is 1.25 bits per heavy atom. The minimum Gasteiger partial charge on any atom is -0.378 e. The third-order valence-electron chi connectivity index (χ3n) is 3.04. The predicted molar refractivity (Wildman–Crippen MR) is 71.7 cm³/mol. The van der Waals surface area contributed by atoms with Gasteiger partial charge >= 0.3 is 0 Å². The maximum atomic E-state index is 13.0. The van der Waals surface area contributed by atoms with E-state index in [1.807, 2.05) is 0 Å². The number of ether oxygens (including phenoxy) is 1. The van der Waals surface area contributed by atoms with Crippen molar-refractivity contribution >= 4 is 17.5 Å². The van der Waals surface area contributed by atoms with Gasteiger partial charge in [-0.3, -0.25) is 9.59 Å². The summed E-state index contributed by atoms with van der Waals surface area (Å²) < 4.78 is 18.1. The van der Waals surface area contributed by atoms with Crippen molar-refractivity contribution in [1.82, 2.24) is 4.90 Å². The van der Waals surface area contributed by atoms with Gasteiger partial charge in [-0.15, -0.1) is 0 Å². The summed E-state index contributed by atoms with van der Waals surface area (Å²) in [5.41, 5.74) is 0.397. The van der Waals surface area contributed by atoms with Crippen molar-refractivity contribution in [3.8, 4) is 0 Å². The van der Waals surface area contributed by atoms with Gasteiger partial charge in [-0.05, 0) is 18.2 Å². The van der Waals surface area contributed by atoms with Crippen LogP contribution in [0.4, 0.5) is 10.1 Å². The van der Waals surface area contributed by atoms with Crippen molar-refractivity contribution in [1.29, 1.82) is 0 Å². The minimum atomic E-state index is -0.410. The van der Waals surface area contributed by atoms with Gasteiger partial charge in [0.2, 0.25) is 11.8 Å². The summed E-state index contributed by atoms with van der Waals surface area (Å²) in [6, 6.07) is 5.66. The van der Waals surface area contributed by atoms with Crippen molar-refractivity contribution in [2.24, 2.45) is 0 Å². The Morgan fingerprint density at radius 2 is 2.00 bits per heavy atom. The molecule has 1 aromatic rings. The summed E-state index contributed by atoms with van der Waals surface area (Å²) in [6.07, 6.45) is 0.244. The Morgan fingerprint density at radius 3 is 2.70 bits per heavy atom. The number of halogens is 1. The summed E-state index contributed by atoms with van der Waals surface area (Å²) in [5.74, 6) is -0.757. The average molecular weight is 280 g/mol. The van der Waals surface area contributed by atoms with E-state index < -0.39 is 5.82 Å². The number of morpholine rings is 1. The molecule has 1 aromatic carbocycles. The van der Waals surface area contributed by atoms with Crippen LogP contribution in [0.5, 0.6) is 0 Å². The molecule has 6 heteroatoms. The molecule has 1 aliphatic heterocycles. The first-order valence-corrected chi connectivity index (χ1v) is 6.56. The van der Waals surface area contributed by atoms with Crippen LogP contribution < -0.4 is 5.32 Å². The molecule has 1 saturated heterocycles. The van der Waals surface area contributed by atoms with Gasteiger partial charge in [-0.1, -0.05) is 6.07 Å². The van der Waals surface area contributed by atoms with Gasteiger partial charge in [0.15, 0.2) is 0 Å². The van der Waals surface area contributed by atoms with Crippen molar-refractivity contribution in [3.63, 3.8) is 0 Å². The van der Waals surface area contributed by atoms with Crippen LogP contribution in [0.2, 0.25) is 0 Å². The highest BCUT2D eigenvalue weighted by molar-refractivity contribution is 5.93. The molecule has 0 unspecified atom stereocenters. The molecule has 1 fully saturated rings. The van der Waals surface area contributed by atoms with Crippen LogP contribution in [-0.2, 0) is 14.3 Å². The van der Waals surface area contributed by atoms with E-state index in [1.165, 1.54) is 18.2 Å². The standard InChI is InChI=1S/C14H17FN2O3/c15-11-2-1-3-12(10-11)16-13(18)4-5-14(19)17-6-8-20-9-7-17/h1-3,10H,4-9H2,(H,16,18). The van der Waals surface area contributed by atoms with E-state index in [2.05, 4.69) is 5.32 Å². The van der Waals surface area contributed by atoms with E-state index in [1.54, 1.807) is 11.0 Å². The van der Waals surface area contributed by atoms with Crippen molar-refractivity contribution < 1.29 is 18.7 Å². The number of carbonyl (C=O) groups excluding carboxylic acids is 2. The molecule has 0 bridgehead atoms. The summed E-state index contributed by atoms with van der Waals surface area (Å²) in [5, 5.41) is 2.57. The van der Waals surface area contributed by atoms with E-state index in [-0.39, 0.29) is 24.7 Å². The number of benzene rings is 1. The van der Waals surface area contributed by atoms with E-state index in [9.17, 15) is 14.0 Å². The Balaban J connectivity index is 1.75. The lowest BCUT2D eigenvalue weighted by molar-refractivity contribution is -0.136. The van der Waals surface area contributed by atoms with Crippen LogP contribution in [0.25, 0.3) is 0 Å². The zero-order valence-corrected chi connectivity index (χ0v) is 11.1. The molecular formula is C14H17FN2O3. The van der Waals surface area contributed by atoms with Gasteiger partial charge in [0.05, 0.1) is 13.2 Å². The van der Waals surface area contributed by atoms with Crippen LogP contribution in [-0.4, -0.2) is 43.0 Å². The van der Waals surface area contributed by atoms with Crippen molar-refractivity contribution in [2.75, 3.05) is 31.6 Å². The summed E-state index contributed by atoms with van der Waals surface area (Å²) in [6.45, 7) is 2.23. The Bertz CT molecular complexity index is 487. The molecule has 1 heterocycles. The minimum absolute atomic E-state index is 0.0531. The molecule has 0 radical (unpaired) electrons. The number of nitrogens with one attached hydrogen (secondary N) is 1. The second kappa shape index (κ2) is 7.00. The Hall–Kier alpha value is -1.95. The van der Waals surface area contributed by atoms with Crippen LogP contribution in [0.3, 0.4) is 0 Å². The highest BCUT2D eigenvalue weighted by Gasteiger charge is 2.17. The number of rotatable bonds is 4. The lowest BCUT2D eigenvalue weighted by Gasteiger charge is -2.26. The third kappa shape index (κ3) is 4.31. The maximum absolute atomic E-state index is 13.0. The molecule has 1 N–H and O–H groups in total. The first-order chi connectivity index (χ1) is 9.65. The largest absolute Gasteiger partial charge is 0.378 e. The number of carbonyl (C=O) groups is 2. The molecule has 0 aromatic heterocycles. The average Bonchev–Trinajstić information content (AvgIpc) is 2.46. The molecule has 0 saturated carbocycles. The second-order valence-corrected chi connectivity index (χ2v) is 4.55. The molecule has 20 heavy (non-hydrogen) atoms. The summed E-state index contributed by atoms with van der Waals surface area (Å²) >= 11 is 0. The summed E-state index contributed by atoms with van der Waals surface area (Å²) in [4.78, 5) is 25.2. The highest BCUT2D eigenvalue weighted by atomic mass is 19.1. The number of hydrogen-bond acceptors (Lipinski definition) is 3. The van der Waals surface area contributed by atoms with E-state index in [0.717, 1.165) is 0 Å². The van der Waals surface area contributed by atoms with Crippen LogP contribution in [0.15, 0.2) is 24.3 Å². The first kappa shape index (κ1) is 14.5. The van der Waals surface area contributed by atoms with Gasteiger partial charge in [0.1, 0.15) is 5.82 Å². The lowest BCUT2D eigenvalue weighted by Crippen LogP contribution is -2.40. The fraction of sp³-hybridized carbons (Fsp3) is 0.429. The quantitative estimate of drug-likeness (QED) is 0.907. The normalized spacial score (nSPS) is 14.9. The zero-order chi connectivity index (χ0) is 14.4. The molecule has 1 aliphatic rings. The smallest absolute Gasteiger partial charge is 0.224 e. The third-order valence-corrected chi connectivity index (χ3v) is 3.04. The monoisotopic (exact) mass is 280 g/mol. The topological polar surface area (TPSA) is 58.6 Å². The molecule has 108 valence electrons. The van der Waals surface area contributed by atoms with Crippen molar-refractivity contribution in [2.45, 2.75) is 12.8 Å². The number of amides is 2. The first-order valence-electron chi connectivity index (χ1n) is 6.56. The van der Waals surface area contributed by atoms with Gasteiger partial charge in [0, 0.05) is 31.6 Å². The SMILES string of the molecule is O=C(CCC(=O)N1CCOCC1)Nc1cccc(F)c1. The fourth-order valence-corrected chi connectivity index (χ4v) is 1.98. The van der Waals surface area contributed by atoms with Gasteiger partial charge in [-0.2, -0.15) is 0 Å². The van der Waals surface area contributed by atoms with Crippen LogP contribution in [0.1, 0.15) is 12.8 Å². The highest BCUT2D eigenvalue weighted by Crippen LogP contribution is 2.10.